The van der Waals surface area contributed by atoms with Crippen LogP contribution in [0.5, 0.6) is 5.75 Å². The van der Waals surface area contributed by atoms with Gasteiger partial charge in [-0.1, -0.05) is 6.07 Å². The van der Waals surface area contributed by atoms with Gasteiger partial charge in [-0.05, 0) is 32.4 Å². The Bertz CT molecular complexity index is 743. The van der Waals surface area contributed by atoms with E-state index in [2.05, 4.69) is 10.6 Å². The highest BCUT2D eigenvalue weighted by atomic mass is 32.2. The van der Waals surface area contributed by atoms with Gasteiger partial charge in [0.2, 0.25) is 11.8 Å². The third-order valence-electron chi connectivity index (χ3n) is 4.03. The maximum Gasteiger partial charge on any atom is 0.239 e. The minimum Gasteiger partial charge on any atom is -0.497 e. The Morgan fingerprint density at radius 3 is 2.54 bits per heavy atom. The van der Waals surface area contributed by atoms with Gasteiger partial charge in [-0.15, -0.1) is 0 Å². The number of anilines is 1. The number of methoxy groups -OCH3 is 1. The third kappa shape index (κ3) is 4.25. The summed E-state index contributed by atoms with van der Waals surface area (Å²) in [5.41, 5.74) is -0.821. The molecule has 2 N–H and O–H groups in total. The van der Waals surface area contributed by atoms with Crippen LogP contribution < -0.4 is 15.4 Å². The second-order valence-electron chi connectivity index (χ2n) is 6.38. The molecule has 8 heteroatoms. The minimum absolute atomic E-state index is 0.0639. The first-order valence-electron chi connectivity index (χ1n) is 7.61. The zero-order valence-corrected chi connectivity index (χ0v) is 14.8. The lowest BCUT2D eigenvalue weighted by atomic mass is 9.90. The molecule has 0 aromatic heterocycles. The molecular weight excluding hydrogens is 332 g/mol. The van der Waals surface area contributed by atoms with Crippen LogP contribution in [0.2, 0.25) is 0 Å². The van der Waals surface area contributed by atoms with E-state index in [0.29, 0.717) is 17.9 Å². The number of rotatable bonds is 5. The summed E-state index contributed by atoms with van der Waals surface area (Å²) in [7, 11) is -1.57. The van der Waals surface area contributed by atoms with Crippen molar-refractivity contribution in [3.05, 3.63) is 24.3 Å². The van der Waals surface area contributed by atoms with Gasteiger partial charge in [0.25, 0.3) is 0 Å². The van der Waals surface area contributed by atoms with Gasteiger partial charge in [0.05, 0.1) is 18.6 Å². The highest BCUT2D eigenvalue weighted by Crippen LogP contribution is 2.23. The number of benzene rings is 1. The van der Waals surface area contributed by atoms with Crippen LogP contribution in [0.15, 0.2) is 24.3 Å². The molecule has 0 saturated carbocycles. The molecule has 0 bridgehead atoms. The molecule has 0 radical (unpaired) electrons. The Kier molecular flexibility index (Phi) is 5.17. The normalized spacial score (nSPS) is 19.5. The molecule has 1 aromatic rings. The molecule has 132 valence electrons. The molecule has 1 aliphatic heterocycles. The minimum atomic E-state index is -3.09. The van der Waals surface area contributed by atoms with E-state index in [-0.39, 0.29) is 11.5 Å². The van der Waals surface area contributed by atoms with Gasteiger partial charge in [0.15, 0.2) is 9.84 Å². The third-order valence-corrected chi connectivity index (χ3v) is 5.80. The van der Waals surface area contributed by atoms with Crippen molar-refractivity contribution >= 4 is 27.3 Å². The highest BCUT2D eigenvalue weighted by Gasteiger charge is 2.39. The maximum absolute atomic E-state index is 12.4. The summed E-state index contributed by atoms with van der Waals surface area (Å²) >= 11 is 0. The number of carbonyl (C=O) groups excluding carboxylic acids is 2. The van der Waals surface area contributed by atoms with Crippen LogP contribution in [0.25, 0.3) is 0 Å². The Labute approximate surface area is 141 Å². The summed E-state index contributed by atoms with van der Waals surface area (Å²) in [4.78, 5) is 24.8. The van der Waals surface area contributed by atoms with Crippen molar-refractivity contribution in [1.29, 1.82) is 0 Å². The van der Waals surface area contributed by atoms with Gasteiger partial charge < -0.3 is 15.4 Å². The van der Waals surface area contributed by atoms with E-state index in [4.69, 9.17) is 4.74 Å². The summed E-state index contributed by atoms with van der Waals surface area (Å²) < 4.78 is 28.0. The molecule has 1 unspecified atom stereocenters. The lowest BCUT2D eigenvalue weighted by Crippen LogP contribution is -2.48. The van der Waals surface area contributed by atoms with Gasteiger partial charge >= 0.3 is 0 Å². The summed E-state index contributed by atoms with van der Waals surface area (Å²) in [6, 6.07) is 6.37. The van der Waals surface area contributed by atoms with Crippen LogP contribution in [-0.4, -0.2) is 44.9 Å². The van der Waals surface area contributed by atoms with Crippen LogP contribution in [0.1, 0.15) is 20.3 Å². The Morgan fingerprint density at radius 1 is 1.25 bits per heavy atom. The molecule has 1 atom stereocenters. The molecule has 1 aromatic carbocycles. The average Bonchev–Trinajstić information content (AvgIpc) is 2.86. The fourth-order valence-corrected chi connectivity index (χ4v) is 4.04. The van der Waals surface area contributed by atoms with E-state index in [9.17, 15) is 18.0 Å². The first-order valence-corrected chi connectivity index (χ1v) is 9.43. The zero-order chi connectivity index (χ0) is 18.0. The fourth-order valence-electron chi connectivity index (χ4n) is 2.37. The summed E-state index contributed by atoms with van der Waals surface area (Å²) in [5.74, 6) is -0.397. The molecule has 1 heterocycles. The number of amides is 2. The van der Waals surface area contributed by atoms with Gasteiger partial charge in [0, 0.05) is 17.8 Å². The van der Waals surface area contributed by atoms with Crippen molar-refractivity contribution in [1.82, 2.24) is 5.32 Å². The predicted octanol–water partition coefficient (Wildman–Crippen LogP) is 0.963. The van der Waals surface area contributed by atoms with Crippen molar-refractivity contribution in [2.24, 2.45) is 5.41 Å². The van der Waals surface area contributed by atoms with Gasteiger partial charge in [0.1, 0.15) is 11.2 Å². The summed E-state index contributed by atoms with van der Waals surface area (Å²) in [6.07, 6.45) is 0.377. The highest BCUT2D eigenvalue weighted by molar-refractivity contribution is 7.91. The fraction of sp³-hybridized carbons (Fsp3) is 0.500. The zero-order valence-electron chi connectivity index (χ0n) is 14.0. The van der Waals surface area contributed by atoms with E-state index in [1.165, 1.54) is 21.0 Å². The molecule has 1 fully saturated rings. The second kappa shape index (κ2) is 6.80. The van der Waals surface area contributed by atoms with Crippen LogP contribution in [-0.2, 0) is 19.4 Å². The Morgan fingerprint density at radius 2 is 1.96 bits per heavy atom. The van der Waals surface area contributed by atoms with Crippen LogP contribution in [0.3, 0.4) is 0 Å². The van der Waals surface area contributed by atoms with Gasteiger partial charge in [-0.25, -0.2) is 8.42 Å². The Hall–Kier alpha value is -2.09. The summed E-state index contributed by atoms with van der Waals surface area (Å²) in [6.45, 7) is 3.00. The number of sulfone groups is 1. The van der Waals surface area contributed by atoms with E-state index < -0.39 is 33.1 Å². The first kappa shape index (κ1) is 18.3. The van der Waals surface area contributed by atoms with Crippen molar-refractivity contribution in [2.75, 3.05) is 23.9 Å². The number of hydrogen-bond donors (Lipinski definition) is 2. The lowest BCUT2D eigenvalue weighted by molar-refractivity contribution is -0.138. The second-order valence-corrected chi connectivity index (χ2v) is 8.61. The first-order chi connectivity index (χ1) is 11.1. The van der Waals surface area contributed by atoms with Gasteiger partial charge in [-0.2, -0.15) is 0 Å². The van der Waals surface area contributed by atoms with Gasteiger partial charge in [-0.3, -0.25) is 9.59 Å². The van der Waals surface area contributed by atoms with E-state index in [1.54, 1.807) is 24.3 Å². The molecule has 0 spiro atoms. The largest absolute Gasteiger partial charge is 0.497 e. The molecule has 0 aliphatic carbocycles. The smallest absolute Gasteiger partial charge is 0.239 e. The number of ether oxygens (including phenoxy) is 1. The average molecular weight is 354 g/mol. The number of carbonyl (C=O) groups is 2. The van der Waals surface area contributed by atoms with Crippen molar-refractivity contribution in [3.8, 4) is 5.75 Å². The molecule has 2 amide bonds. The number of hydrogen-bond acceptors (Lipinski definition) is 5. The monoisotopic (exact) mass is 354 g/mol. The standard InChI is InChI=1S/C16H22N2O5S/c1-16(2,15(20)18-12-7-8-24(21,22)10-12)14(19)17-11-5-4-6-13(9-11)23-3/h4-6,9,12H,7-8,10H2,1-3H3,(H,17,19)(H,18,20). The van der Waals surface area contributed by atoms with Crippen molar-refractivity contribution < 1.29 is 22.7 Å². The van der Waals surface area contributed by atoms with Crippen LogP contribution >= 0.6 is 0 Å². The number of nitrogens with one attached hydrogen (secondary N) is 2. The molecule has 2 rings (SSSR count). The van der Waals surface area contributed by atoms with Crippen LogP contribution in [0, 0.1) is 5.41 Å². The lowest BCUT2D eigenvalue weighted by Gasteiger charge is -2.24. The predicted molar refractivity (Wildman–Crippen MR) is 90.6 cm³/mol. The molecule has 1 saturated heterocycles. The van der Waals surface area contributed by atoms with E-state index in [1.807, 2.05) is 0 Å². The van der Waals surface area contributed by atoms with Crippen molar-refractivity contribution in [3.63, 3.8) is 0 Å². The molecule has 7 nitrogen and oxygen atoms in total. The van der Waals surface area contributed by atoms with E-state index >= 15 is 0 Å². The van der Waals surface area contributed by atoms with Crippen molar-refractivity contribution in [2.45, 2.75) is 26.3 Å². The molecule has 24 heavy (non-hydrogen) atoms. The van der Waals surface area contributed by atoms with Crippen LogP contribution in [0.4, 0.5) is 5.69 Å². The molecule has 1 aliphatic rings. The van der Waals surface area contributed by atoms with E-state index in [0.717, 1.165) is 0 Å². The Balaban J connectivity index is 2.02. The SMILES string of the molecule is COc1cccc(NC(=O)C(C)(C)C(=O)NC2CCS(=O)(=O)C2)c1. The quantitative estimate of drug-likeness (QED) is 0.767. The molecular formula is C16H22N2O5S. The summed E-state index contributed by atoms with van der Waals surface area (Å²) in [5, 5.41) is 5.34. The topological polar surface area (TPSA) is 102 Å². The maximum atomic E-state index is 12.4.